The second-order valence-corrected chi connectivity index (χ2v) is 8.97. The number of ether oxygens (including phenoxy) is 1. The molecule has 0 bridgehead atoms. The van der Waals surface area contributed by atoms with E-state index in [-0.39, 0.29) is 12.6 Å². The minimum absolute atomic E-state index is 0.0775. The molecule has 5 N–H and O–H groups in total. The van der Waals surface area contributed by atoms with Crippen molar-refractivity contribution in [2.45, 2.75) is 17.9 Å². The Hall–Kier alpha value is -3.58. The predicted molar refractivity (Wildman–Crippen MR) is 129 cm³/mol. The summed E-state index contributed by atoms with van der Waals surface area (Å²) in [5, 5.41) is 21.3. The molecule has 32 heavy (non-hydrogen) atoms. The van der Waals surface area contributed by atoms with E-state index in [1.54, 1.807) is 37.6 Å². The summed E-state index contributed by atoms with van der Waals surface area (Å²) in [4.78, 5) is 9.25. The lowest BCUT2D eigenvalue weighted by Gasteiger charge is -2.14. The van der Waals surface area contributed by atoms with E-state index in [1.807, 2.05) is 31.2 Å². The van der Waals surface area contributed by atoms with Gasteiger partial charge in [-0.1, -0.05) is 24.0 Å². The number of benzene rings is 2. The van der Waals surface area contributed by atoms with Gasteiger partial charge in [0, 0.05) is 22.2 Å². The van der Waals surface area contributed by atoms with E-state index in [1.165, 1.54) is 0 Å². The number of nitrogens with zero attached hydrogens (tertiary/aromatic N) is 2. The summed E-state index contributed by atoms with van der Waals surface area (Å²) in [6.07, 6.45) is 1.59. The van der Waals surface area contributed by atoms with Crippen LogP contribution in [0.2, 0.25) is 0 Å². The fraction of sp³-hybridized carbons (Fsp3) is 0.174. The van der Waals surface area contributed by atoms with Crippen LogP contribution in [0.25, 0.3) is 0 Å². The molecule has 3 aromatic rings. The van der Waals surface area contributed by atoms with Crippen molar-refractivity contribution in [1.82, 2.24) is 9.97 Å². The summed E-state index contributed by atoms with van der Waals surface area (Å²) >= 11 is 0. The van der Waals surface area contributed by atoms with Crippen molar-refractivity contribution in [3.05, 3.63) is 65.9 Å². The van der Waals surface area contributed by atoms with E-state index in [2.05, 4.69) is 38.3 Å². The van der Waals surface area contributed by atoms with E-state index in [0.29, 0.717) is 33.7 Å². The quantitative estimate of drug-likeness (QED) is 0.321. The standard InChI is InChI=1S/C23H25N5O3S/c1-16(15-29)26-22-18(11-10-17-6-4-8-20(12-17)31-2)14-25-23(28-22)27-19-7-5-9-21(13-19)32(3,24)30/h4-9,12-14,16,29H,3,15H2,1-2H3,(H2,24,30)(H2,25,26,27,28)/t16-,32?/m1/s1. The van der Waals surface area contributed by atoms with Gasteiger partial charge < -0.3 is 20.5 Å². The molecule has 0 fully saturated rings. The number of aliphatic hydroxyl groups excluding tert-OH is 1. The third kappa shape index (κ3) is 6.21. The Labute approximate surface area is 188 Å². The molecule has 166 valence electrons. The summed E-state index contributed by atoms with van der Waals surface area (Å²) in [5.74, 6) is 11.1. The molecule has 8 nitrogen and oxygen atoms in total. The maximum atomic E-state index is 12.0. The van der Waals surface area contributed by atoms with Crippen LogP contribution in [0.3, 0.4) is 0 Å². The molecule has 3 rings (SSSR count). The molecule has 1 aromatic heterocycles. The Morgan fingerprint density at radius 1 is 1.25 bits per heavy atom. The molecular weight excluding hydrogens is 426 g/mol. The van der Waals surface area contributed by atoms with Crippen molar-refractivity contribution in [3.63, 3.8) is 0 Å². The topological polar surface area (TPSA) is 122 Å². The molecule has 0 amide bonds. The summed E-state index contributed by atoms with van der Waals surface area (Å²) in [5.41, 5.74) is 1.96. The molecule has 0 saturated carbocycles. The molecule has 0 spiro atoms. The van der Waals surface area contributed by atoms with Crippen LogP contribution in [0.4, 0.5) is 17.5 Å². The molecule has 0 radical (unpaired) electrons. The third-order valence-corrected chi connectivity index (χ3v) is 5.40. The van der Waals surface area contributed by atoms with Crippen LogP contribution in [0.5, 0.6) is 5.75 Å². The minimum atomic E-state index is -2.84. The zero-order valence-corrected chi connectivity index (χ0v) is 18.6. The highest BCUT2D eigenvalue weighted by Gasteiger charge is 2.10. The summed E-state index contributed by atoms with van der Waals surface area (Å²) in [6.45, 7) is 1.75. The van der Waals surface area contributed by atoms with Gasteiger partial charge in [0.15, 0.2) is 0 Å². The molecule has 2 aromatic carbocycles. The van der Waals surface area contributed by atoms with Gasteiger partial charge in [0.2, 0.25) is 5.95 Å². The van der Waals surface area contributed by atoms with Crippen molar-refractivity contribution in [2.75, 3.05) is 24.4 Å². The number of hydrogen-bond acceptors (Lipinski definition) is 7. The van der Waals surface area contributed by atoms with Crippen LogP contribution in [-0.4, -0.2) is 44.9 Å². The normalized spacial score (nSPS) is 13.2. The number of hydrogen-bond donors (Lipinski definition) is 4. The minimum Gasteiger partial charge on any atom is -0.497 e. The van der Waals surface area contributed by atoms with Crippen molar-refractivity contribution >= 4 is 33.0 Å². The first-order chi connectivity index (χ1) is 15.3. The molecule has 1 unspecified atom stereocenters. The zero-order valence-electron chi connectivity index (χ0n) is 17.8. The van der Waals surface area contributed by atoms with Gasteiger partial charge in [-0.05, 0) is 49.2 Å². The maximum Gasteiger partial charge on any atom is 0.229 e. The first kappa shape index (κ1) is 23.1. The average Bonchev–Trinajstić information content (AvgIpc) is 2.78. The second kappa shape index (κ2) is 10.2. The van der Waals surface area contributed by atoms with Gasteiger partial charge in [-0.15, -0.1) is 0 Å². The Morgan fingerprint density at radius 2 is 2.03 bits per heavy atom. The lowest BCUT2D eigenvalue weighted by atomic mass is 10.2. The SMILES string of the molecule is C=S(N)(=O)c1cccc(Nc2ncc(C#Cc3cccc(OC)c3)c(N[C@H](C)CO)n2)c1. The molecule has 0 saturated heterocycles. The molecule has 0 aliphatic carbocycles. The molecule has 0 aliphatic heterocycles. The number of nitrogens with two attached hydrogens (primary N) is 1. The molecule has 1 heterocycles. The molecule has 2 atom stereocenters. The van der Waals surface area contributed by atoms with Crippen molar-refractivity contribution in [2.24, 2.45) is 5.14 Å². The smallest absolute Gasteiger partial charge is 0.229 e. The van der Waals surface area contributed by atoms with Crippen LogP contribution in [0, 0.1) is 11.8 Å². The Balaban J connectivity index is 1.92. The highest BCUT2D eigenvalue weighted by molar-refractivity contribution is 7.98. The van der Waals surface area contributed by atoms with Gasteiger partial charge in [0.25, 0.3) is 0 Å². The van der Waals surface area contributed by atoms with E-state index in [0.717, 1.165) is 5.56 Å². The predicted octanol–water partition coefficient (Wildman–Crippen LogP) is 2.37. The van der Waals surface area contributed by atoms with E-state index < -0.39 is 9.71 Å². The first-order valence-electron chi connectivity index (χ1n) is 9.71. The molecule has 0 aliphatic rings. The van der Waals surface area contributed by atoms with Crippen molar-refractivity contribution < 1.29 is 14.1 Å². The first-order valence-corrected chi connectivity index (χ1v) is 11.5. The van der Waals surface area contributed by atoms with Gasteiger partial charge >= 0.3 is 0 Å². The number of rotatable bonds is 7. The Kier molecular flexibility index (Phi) is 7.33. The lowest BCUT2D eigenvalue weighted by Crippen LogP contribution is -2.21. The lowest BCUT2D eigenvalue weighted by molar-refractivity contribution is 0.281. The van der Waals surface area contributed by atoms with Crippen molar-refractivity contribution in [1.29, 1.82) is 0 Å². The van der Waals surface area contributed by atoms with E-state index >= 15 is 0 Å². The van der Waals surface area contributed by atoms with Gasteiger partial charge in [-0.3, -0.25) is 5.14 Å². The van der Waals surface area contributed by atoms with Gasteiger partial charge in [0.1, 0.15) is 11.6 Å². The largest absolute Gasteiger partial charge is 0.497 e. The maximum absolute atomic E-state index is 12.0. The van der Waals surface area contributed by atoms with Crippen LogP contribution in [0.1, 0.15) is 18.1 Å². The van der Waals surface area contributed by atoms with Crippen LogP contribution in [-0.2, 0) is 9.71 Å². The number of methoxy groups -OCH3 is 1. The highest BCUT2D eigenvalue weighted by Crippen LogP contribution is 2.20. The Morgan fingerprint density at radius 3 is 2.75 bits per heavy atom. The monoisotopic (exact) mass is 451 g/mol. The Bertz CT molecular complexity index is 1270. The zero-order chi connectivity index (χ0) is 23.1. The summed E-state index contributed by atoms with van der Waals surface area (Å²) in [7, 11) is -1.24. The molecule has 9 heteroatoms. The fourth-order valence-electron chi connectivity index (χ4n) is 2.68. The second-order valence-electron chi connectivity index (χ2n) is 7.04. The van der Waals surface area contributed by atoms with Crippen LogP contribution >= 0.6 is 0 Å². The number of aromatic nitrogens is 2. The van der Waals surface area contributed by atoms with Gasteiger partial charge in [-0.2, -0.15) is 4.98 Å². The van der Waals surface area contributed by atoms with Gasteiger partial charge in [0.05, 0.1) is 35.2 Å². The van der Waals surface area contributed by atoms with Crippen LogP contribution in [0.15, 0.2) is 59.6 Å². The number of anilines is 3. The fourth-order valence-corrected chi connectivity index (χ4v) is 3.32. The highest BCUT2D eigenvalue weighted by atomic mass is 32.2. The van der Waals surface area contributed by atoms with E-state index in [9.17, 15) is 9.32 Å². The summed E-state index contributed by atoms with van der Waals surface area (Å²) in [6, 6.07) is 13.9. The summed E-state index contributed by atoms with van der Waals surface area (Å²) < 4.78 is 17.3. The van der Waals surface area contributed by atoms with Crippen LogP contribution < -0.4 is 20.5 Å². The van der Waals surface area contributed by atoms with Crippen molar-refractivity contribution in [3.8, 4) is 17.6 Å². The van der Waals surface area contributed by atoms with E-state index in [4.69, 9.17) is 9.88 Å². The third-order valence-electron chi connectivity index (χ3n) is 4.35. The van der Waals surface area contributed by atoms with Gasteiger partial charge in [-0.25, -0.2) is 9.19 Å². The number of nitrogens with one attached hydrogen (secondary N) is 2. The average molecular weight is 452 g/mol. The number of aliphatic hydroxyl groups is 1. The molecular formula is C23H25N5O3S.